The van der Waals surface area contributed by atoms with Crippen LogP contribution in [0.4, 0.5) is 5.95 Å². The molecule has 104 valence electrons. The maximum Gasteiger partial charge on any atom is 0.221 e. The van der Waals surface area contributed by atoms with Gasteiger partial charge in [0.2, 0.25) is 5.95 Å². The summed E-state index contributed by atoms with van der Waals surface area (Å²) < 4.78 is 1.51. The van der Waals surface area contributed by atoms with Crippen molar-refractivity contribution >= 4 is 23.8 Å². The van der Waals surface area contributed by atoms with Crippen LogP contribution < -0.4 is 5.73 Å². The van der Waals surface area contributed by atoms with Gasteiger partial charge in [-0.3, -0.25) is 4.98 Å². The van der Waals surface area contributed by atoms with E-state index in [9.17, 15) is 0 Å². The standard InChI is InChI=1S/C15H12ClN5/c16-12-6-4-11(5-7-12)9-19-21-10-14(20-15(21)17)13-3-1-2-8-18-13/h1-10H,(H2,17,20)/b19-9+. The van der Waals surface area contributed by atoms with Gasteiger partial charge < -0.3 is 5.73 Å². The second kappa shape index (κ2) is 5.76. The van der Waals surface area contributed by atoms with Crippen molar-refractivity contribution < 1.29 is 0 Å². The molecule has 0 aliphatic heterocycles. The van der Waals surface area contributed by atoms with E-state index in [1.807, 2.05) is 30.3 Å². The van der Waals surface area contributed by atoms with Gasteiger partial charge in [-0.2, -0.15) is 5.10 Å². The van der Waals surface area contributed by atoms with Crippen LogP contribution in [0.5, 0.6) is 0 Å². The fourth-order valence-electron chi connectivity index (χ4n) is 1.79. The topological polar surface area (TPSA) is 69.1 Å². The van der Waals surface area contributed by atoms with E-state index in [1.165, 1.54) is 4.68 Å². The SMILES string of the molecule is Nc1nc(-c2ccccn2)cn1/N=C/c1ccc(Cl)cc1. The third-order valence-electron chi connectivity index (χ3n) is 2.84. The number of benzene rings is 1. The average Bonchev–Trinajstić information content (AvgIpc) is 2.89. The average molecular weight is 298 g/mol. The van der Waals surface area contributed by atoms with Crippen molar-refractivity contribution in [2.24, 2.45) is 5.10 Å². The van der Waals surface area contributed by atoms with Crippen LogP contribution in [0.2, 0.25) is 5.02 Å². The lowest BCUT2D eigenvalue weighted by Crippen LogP contribution is -1.96. The summed E-state index contributed by atoms with van der Waals surface area (Å²) in [6.45, 7) is 0. The van der Waals surface area contributed by atoms with Crippen molar-refractivity contribution in [1.29, 1.82) is 0 Å². The van der Waals surface area contributed by atoms with Crippen molar-refractivity contribution in [3.63, 3.8) is 0 Å². The van der Waals surface area contributed by atoms with Gasteiger partial charge in [0.05, 0.1) is 18.1 Å². The number of anilines is 1. The Hall–Kier alpha value is -2.66. The second-order valence-corrected chi connectivity index (χ2v) is 4.78. The molecular formula is C15H12ClN5. The van der Waals surface area contributed by atoms with Crippen LogP contribution >= 0.6 is 11.6 Å². The van der Waals surface area contributed by atoms with E-state index in [-0.39, 0.29) is 0 Å². The lowest BCUT2D eigenvalue weighted by Gasteiger charge is -1.95. The van der Waals surface area contributed by atoms with Crippen LogP contribution in [-0.2, 0) is 0 Å². The first-order valence-corrected chi connectivity index (χ1v) is 6.66. The highest BCUT2D eigenvalue weighted by molar-refractivity contribution is 6.30. The fourth-order valence-corrected chi connectivity index (χ4v) is 1.92. The predicted molar refractivity (Wildman–Crippen MR) is 84.3 cm³/mol. The third kappa shape index (κ3) is 3.09. The highest BCUT2D eigenvalue weighted by Crippen LogP contribution is 2.17. The third-order valence-corrected chi connectivity index (χ3v) is 3.09. The molecule has 0 fully saturated rings. The van der Waals surface area contributed by atoms with E-state index in [1.54, 1.807) is 30.7 Å². The van der Waals surface area contributed by atoms with Crippen molar-refractivity contribution in [1.82, 2.24) is 14.6 Å². The first-order valence-electron chi connectivity index (χ1n) is 6.28. The van der Waals surface area contributed by atoms with Crippen molar-refractivity contribution in [3.8, 4) is 11.4 Å². The number of nitrogens with two attached hydrogens (primary N) is 1. The van der Waals surface area contributed by atoms with Gasteiger partial charge in [-0.25, -0.2) is 9.66 Å². The Morgan fingerprint density at radius 1 is 1.10 bits per heavy atom. The summed E-state index contributed by atoms with van der Waals surface area (Å²) >= 11 is 5.84. The minimum absolute atomic E-state index is 0.306. The molecule has 21 heavy (non-hydrogen) atoms. The summed E-state index contributed by atoms with van der Waals surface area (Å²) in [7, 11) is 0. The van der Waals surface area contributed by atoms with Crippen LogP contribution in [0.15, 0.2) is 60.0 Å². The van der Waals surface area contributed by atoms with E-state index in [4.69, 9.17) is 17.3 Å². The summed E-state index contributed by atoms with van der Waals surface area (Å²) in [5, 5.41) is 4.97. The Morgan fingerprint density at radius 2 is 1.90 bits per heavy atom. The Morgan fingerprint density at radius 3 is 2.62 bits per heavy atom. The molecule has 0 aliphatic carbocycles. The Labute approximate surface area is 126 Å². The highest BCUT2D eigenvalue weighted by Gasteiger charge is 2.06. The molecular weight excluding hydrogens is 286 g/mol. The molecule has 2 heterocycles. The van der Waals surface area contributed by atoms with E-state index in [2.05, 4.69) is 15.1 Å². The lowest BCUT2D eigenvalue weighted by molar-refractivity contribution is 0.898. The fraction of sp³-hybridized carbons (Fsp3) is 0. The van der Waals surface area contributed by atoms with Crippen LogP contribution in [0.3, 0.4) is 0 Å². The molecule has 0 spiro atoms. The molecule has 0 saturated heterocycles. The molecule has 6 heteroatoms. The summed E-state index contributed by atoms with van der Waals surface area (Å²) in [5.74, 6) is 0.306. The number of nitrogens with zero attached hydrogens (tertiary/aromatic N) is 4. The molecule has 5 nitrogen and oxygen atoms in total. The van der Waals surface area contributed by atoms with Gasteiger partial charge in [0.15, 0.2) is 0 Å². The molecule has 0 atom stereocenters. The molecule has 2 aromatic heterocycles. The zero-order valence-electron chi connectivity index (χ0n) is 11.0. The number of hydrogen-bond acceptors (Lipinski definition) is 4. The number of imidazole rings is 1. The van der Waals surface area contributed by atoms with Crippen LogP contribution in [-0.4, -0.2) is 20.9 Å². The highest BCUT2D eigenvalue weighted by atomic mass is 35.5. The van der Waals surface area contributed by atoms with E-state index in [0.717, 1.165) is 11.3 Å². The summed E-state index contributed by atoms with van der Waals surface area (Å²) in [6, 6.07) is 13.0. The van der Waals surface area contributed by atoms with Crippen molar-refractivity contribution in [2.75, 3.05) is 5.73 Å². The quantitative estimate of drug-likeness (QED) is 0.755. The molecule has 0 saturated carbocycles. The first kappa shape index (κ1) is 13.3. The molecule has 0 radical (unpaired) electrons. The molecule has 0 amide bonds. The maximum atomic E-state index is 5.86. The van der Waals surface area contributed by atoms with Gasteiger partial charge in [0.25, 0.3) is 0 Å². The van der Waals surface area contributed by atoms with Gasteiger partial charge in [0.1, 0.15) is 5.69 Å². The smallest absolute Gasteiger partial charge is 0.221 e. The Balaban J connectivity index is 1.86. The molecule has 1 aromatic carbocycles. The van der Waals surface area contributed by atoms with Gasteiger partial charge in [-0.05, 0) is 29.8 Å². The molecule has 0 bridgehead atoms. The first-order chi connectivity index (χ1) is 10.2. The van der Waals surface area contributed by atoms with E-state index < -0.39 is 0 Å². The summed E-state index contributed by atoms with van der Waals surface area (Å²) in [6.07, 6.45) is 5.14. The van der Waals surface area contributed by atoms with Gasteiger partial charge in [0, 0.05) is 11.2 Å². The van der Waals surface area contributed by atoms with E-state index >= 15 is 0 Å². The molecule has 0 unspecified atom stereocenters. The number of aromatic nitrogens is 3. The zero-order valence-corrected chi connectivity index (χ0v) is 11.8. The molecule has 2 N–H and O–H groups in total. The van der Waals surface area contributed by atoms with Crippen molar-refractivity contribution in [2.45, 2.75) is 0 Å². The normalized spacial score (nSPS) is 11.1. The molecule has 3 aromatic rings. The van der Waals surface area contributed by atoms with Crippen LogP contribution in [0.1, 0.15) is 5.56 Å². The lowest BCUT2D eigenvalue weighted by atomic mass is 10.2. The number of hydrogen-bond donors (Lipinski definition) is 1. The van der Waals surface area contributed by atoms with Gasteiger partial charge >= 0.3 is 0 Å². The molecule has 3 rings (SSSR count). The Kier molecular flexibility index (Phi) is 3.66. The predicted octanol–water partition coefficient (Wildman–Crippen LogP) is 3.06. The van der Waals surface area contributed by atoms with Gasteiger partial charge in [-0.15, -0.1) is 0 Å². The monoisotopic (exact) mass is 297 g/mol. The maximum absolute atomic E-state index is 5.86. The Bertz CT molecular complexity index is 763. The van der Waals surface area contributed by atoms with E-state index in [0.29, 0.717) is 16.7 Å². The van der Waals surface area contributed by atoms with Gasteiger partial charge in [-0.1, -0.05) is 29.8 Å². The largest absolute Gasteiger partial charge is 0.368 e. The number of halogens is 1. The number of pyridine rings is 1. The van der Waals surface area contributed by atoms with Crippen molar-refractivity contribution in [3.05, 3.63) is 65.4 Å². The molecule has 0 aliphatic rings. The summed E-state index contributed by atoms with van der Waals surface area (Å²) in [5.41, 5.74) is 8.22. The minimum Gasteiger partial charge on any atom is -0.368 e. The zero-order chi connectivity index (χ0) is 14.7. The van der Waals surface area contributed by atoms with Crippen LogP contribution in [0.25, 0.3) is 11.4 Å². The summed E-state index contributed by atoms with van der Waals surface area (Å²) in [4.78, 5) is 8.48. The second-order valence-electron chi connectivity index (χ2n) is 4.34. The number of nitrogen functional groups attached to an aromatic ring is 1. The number of rotatable bonds is 3. The van der Waals surface area contributed by atoms with Crippen LogP contribution in [0, 0.1) is 0 Å². The minimum atomic E-state index is 0.306.